The maximum atomic E-state index is 13.1. The summed E-state index contributed by atoms with van der Waals surface area (Å²) in [7, 11) is 0. The fourth-order valence-corrected chi connectivity index (χ4v) is 6.34. The first kappa shape index (κ1) is 22.6. The molecule has 1 aliphatic carbocycles. The predicted molar refractivity (Wildman–Crippen MR) is 115 cm³/mol. The van der Waals surface area contributed by atoms with Gasteiger partial charge in [-0.05, 0) is 61.8 Å². The van der Waals surface area contributed by atoms with Crippen LogP contribution < -0.4 is 0 Å². The highest BCUT2D eigenvalue weighted by Gasteiger charge is 2.72. The number of carbonyl (C=O) groups is 2. The summed E-state index contributed by atoms with van der Waals surface area (Å²) in [6, 6.07) is 6.67. The molecular formula is C24H31ClO6. The molecule has 2 saturated heterocycles. The summed E-state index contributed by atoms with van der Waals surface area (Å²) >= 11 is 5.97. The van der Waals surface area contributed by atoms with E-state index >= 15 is 0 Å². The van der Waals surface area contributed by atoms with Crippen LogP contribution in [0.25, 0.3) is 0 Å². The van der Waals surface area contributed by atoms with Crippen molar-refractivity contribution in [2.75, 3.05) is 6.61 Å². The van der Waals surface area contributed by atoms with Crippen LogP contribution in [0.2, 0.25) is 5.02 Å². The van der Waals surface area contributed by atoms with E-state index in [1.54, 1.807) is 24.3 Å². The van der Waals surface area contributed by atoms with Crippen molar-refractivity contribution in [2.45, 2.75) is 70.4 Å². The number of aliphatic hydroxyl groups is 1. The number of benzene rings is 1. The molecule has 0 radical (unpaired) electrons. The highest BCUT2D eigenvalue weighted by atomic mass is 35.5. The van der Waals surface area contributed by atoms with Crippen molar-refractivity contribution < 1.29 is 28.9 Å². The average molecular weight is 451 g/mol. The smallest absolute Gasteiger partial charge is 0.338 e. The van der Waals surface area contributed by atoms with Crippen molar-refractivity contribution in [3.05, 3.63) is 34.9 Å². The zero-order chi connectivity index (χ0) is 22.6. The van der Waals surface area contributed by atoms with Crippen LogP contribution in [0.5, 0.6) is 0 Å². The third-order valence-corrected chi connectivity index (χ3v) is 8.12. The van der Waals surface area contributed by atoms with E-state index in [4.69, 9.17) is 25.8 Å². The van der Waals surface area contributed by atoms with Crippen LogP contribution in [0.4, 0.5) is 0 Å². The summed E-state index contributed by atoms with van der Waals surface area (Å²) < 4.78 is 18.7. The Morgan fingerprint density at radius 3 is 2.52 bits per heavy atom. The predicted octanol–water partition coefficient (Wildman–Crippen LogP) is 4.02. The van der Waals surface area contributed by atoms with E-state index in [9.17, 15) is 14.7 Å². The fraction of sp³-hybridized carbons (Fsp3) is 0.667. The van der Waals surface area contributed by atoms with E-state index in [1.165, 1.54) is 0 Å². The lowest BCUT2D eigenvalue weighted by Gasteiger charge is -2.53. The van der Waals surface area contributed by atoms with E-state index in [-0.39, 0.29) is 17.8 Å². The first-order valence-electron chi connectivity index (χ1n) is 11.1. The number of rotatable bonds is 5. The number of halogens is 1. The number of hydrogen-bond donors (Lipinski definition) is 1. The third-order valence-electron chi connectivity index (χ3n) is 7.87. The van der Waals surface area contributed by atoms with Crippen molar-refractivity contribution in [2.24, 2.45) is 23.7 Å². The summed E-state index contributed by atoms with van der Waals surface area (Å²) in [5.74, 6) is -0.476. The van der Waals surface area contributed by atoms with Gasteiger partial charge < -0.3 is 19.3 Å². The summed E-state index contributed by atoms with van der Waals surface area (Å²) in [6.45, 7) is 7.66. The lowest BCUT2D eigenvalue weighted by molar-refractivity contribution is -0.259. The summed E-state index contributed by atoms with van der Waals surface area (Å²) in [5.41, 5.74) is -0.995. The van der Waals surface area contributed by atoms with Crippen LogP contribution in [0.3, 0.4) is 0 Å². The van der Waals surface area contributed by atoms with Crippen LogP contribution in [-0.4, -0.2) is 47.1 Å². The van der Waals surface area contributed by atoms with E-state index in [0.29, 0.717) is 22.9 Å². The fourth-order valence-electron chi connectivity index (χ4n) is 6.21. The van der Waals surface area contributed by atoms with Crippen molar-refractivity contribution in [1.82, 2.24) is 0 Å². The SMILES string of the molecule is CC(C)C12C[C@@H](OC(=O)CO)[C@@](C)(O1)[C@@H]1CC[C@@H](C)[C@H]1[C@@H]2OC(=O)c1ccc(Cl)cc1. The minimum atomic E-state index is -0.767. The monoisotopic (exact) mass is 450 g/mol. The van der Waals surface area contributed by atoms with E-state index in [0.717, 1.165) is 12.8 Å². The number of aliphatic hydroxyl groups excluding tert-OH is 1. The Morgan fingerprint density at radius 1 is 1.23 bits per heavy atom. The van der Waals surface area contributed by atoms with Crippen molar-refractivity contribution in [3.63, 3.8) is 0 Å². The van der Waals surface area contributed by atoms with Crippen LogP contribution in [0.15, 0.2) is 24.3 Å². The topological polar surface area (TPSA) is 82.1 Å². The van der Waals surface area contributed by atoms with Gasteiger partial charge >= 0.3 is 11.9 Å². The van der Waals surface area contributed by atoms with Gasteiger partial charge in [0.2, 0.25) is 0 Å². The first-order valence-corrected chi connectivity index (χ1v) is 11.5. The van der Waals surface area contributed by atoms with Gasteiger partial charge in [-0.25, -0.2) is 9.59 Å². The quantitative estimate of drug-likeness (QED) is 0.682. The molecule has 0 amide bonds. The summed E-state index contributed by atoms with van der Waals surface area (Å²) in [4.78, 5) is 25.1. The second kappa shape index (κ2) is 8.05. The van der Waals surface area contributed by atoms with Gasteiger partial charge in [0.05, 0.1) is 5.56 Å². The molecule has 4 rings (SSSR count). The van der Waals surface area contributed by atoms with Gasteiger partial charge in [-0.1, -0.05) is 32.4 Å². The van der Waals surface area contributed by atoms with Gasteiger partial charge in [-0.2, -0.15) is 0 Å². The van der Waals surface area contributed by atoms with Gasteiger partial charge in [0.1, 0.15) is 30.0 Å². The largest absolute Gasteiger partial charge is 0.457 e. The Bertz CT molecular complexity index is 854. The van der Waals surface area contributed by atoms with Crippen molar-refractivity contribution in [3.8, 4) is 0 Å². The Kier molecular flexibility index (Phi) is 5.86. The van der Waals surface area contributed by atoms with Crippen LogP contribution in [0.1, 0.15) is 57.3 Å². The molecule has 1 N–H and O–H groups in total. The Balaban J connectivity index is 1.72. The average Bonchev–Trinajstić information content (AvgIpc) is 3.24. The second-order valence-corrected chi connectivity index (χ2v) is 10.2. The summed E-state index contributed by atoms with van der Waals surface area (Å²) in [6.07, 6.45) is 1.40. The lowest BCUT2D eigenvalue weighted by Crippen LogP contribution is -2.62. The molecule has 0 spiro atoms. The molecule has 1 aromatic carbocycles. The zero-order valence-corrected chi connectivity index (χ0v) is 19.2. The molecule has 170 valence electrons. The van der Waals surface area contributed by atoms with Crippen LogP contribution >= 0.6 is 11.6 Å². The van der Waals surface area contributed by atoms with E-state index in [1.807, 2.05) is 6.92 Å². The maximum absolute atomic E-state index is 13.1. The van der Waals surface area contributed by atoms with E-state index < -0.39 is 42.0 Å². The molecular weight excluding hydrogens is 420 g/mol. The molecule has 1 unspecified atom stereocenters. The number of ether oxygens (including phenoxy) is 3. The molecule has 0 aromatic heterocycles. The van der Waals surface area contributed by atoms with Gasteiger partial charge in [0, 0.05) is 17.4 Å². The molecule has 7 atom stereocenters. The zero-order valence-electron chi connectivity index (χ0n) is 18.5. The molecule has 7 heteroatoms. The number of carbonyl (C=O) groups excluding carboxylic acids is 2. The second-order valence-electron chi connectivity index (χ2n) is 9.81. The first-order chi connectivity index (χ1) is 14.6. The standard InChI is InChI=1S/C24H31ClO6/c1-13(2)24-11-18(29-19(27)12-26)23(4,31-24)17-10-5-14(3)20(17)21(24)30-22(28)15-6-8-16(25)9-7-15/h6-9,13-14,17-18,20-21,26H,5,10-12H2,1-4H3/t14-,17-,18-,20-,21+,23+,24?/m1/s1. The number of esters is 2. The molecule has 3 fully saturated rings. The van der Waals surface area contributed by atoms with Gasteiger partial charge in [0.15, 0.2) is 0 Å². The minimum Gasteiger partial charge on any atom is -0.457 e. The van der Waals surface area contributed by atoms with Crippen LogP contribution in [0, 0.1) is 23.7 Å². The minimum absolute atomic E-state index is 0.0291. The highest BCUT2D eigenvalue weighted by Crippen LogP contribution is 2.63. The molecule has 1 saturated carbocycles. The van der Waals surface area contributed by atoms with Crippen LogP contribution in [-0.2, 0) is 19.0 Å². The third kappa shape index (κ3) is 3.57. The normalized spacial score (nSPS) is 38.7. The molecule has 1 aromatic rings. The molecule has 3 aliphatic rings. The molecule has 31 heavy (non-hydrogen) atoms. The molecule has 2 heterocycles. The highest BCUT2D eigenvalue weighted by molar-refractivity contribution is 6.30. The summed E-state index contributed by atoms with van der Waals surface area (Å²) in [5, 5.41) is 9.80. The molecule has 2 bridgehead atoms. The molecule has 6 nitrogen and oxygen atoms in total. The lowest BCUT2D eigenvalue weighted by atomic mass is 9.69. The number of hydrogen-bond acceptors (Lipinski definition) is 6. The van der Waals surface area contributed by atoms with Crippen molar-refractivity contribution in [1.29, 1.82) is 0 Å². The van der Waals surface area contributed by atoms with Gasteiger partial charge in [-0.3, -0.25) is 0 Å². The number of fused-ring (bicyclic) bond motifs is 4. The van der Waals surface area contributed by atoms with E-state index in [2.05, 4.69) is 20.8 Å². The van der Waals surface area contributed by atoms with Gasteiger partial charge in [0.25, 0.3) is 0 Å². The Labute approximate surface area is 188 Å². The van der Waals surface area contributed by atoms with Crippen molar-refractivity contribution >= 4 is 23.5 Å². The Morgan fingerprint density at radius 2 is 1.90 bits per heavy atom. The Hall–Kier alpha value is -1.63. The maximum Gasteiger partial charge on any atom is 0.338 e. The van der Waals surface area contributed by atoms with Gasteiger partial charge in [-0.15, -0.1) is 0 Å². The molecule has 2 aliphatic heterocycles.